The number of thiophene rings is 1. The Morgan fingerprint density at radius 1 is 1.14 bits per heavy atom. The highest BCUT2D eigenvalue weighted by atomic mass is 32.1. The van der Waals surface area contributed by atoms with Crippen molar-refractivity contribution in [2.45, 2.75) is 13.3 Å². The van der Waals surface area contributed by atoms with Crippen LogP contribution < -0.4 is 15.7 Å². The number of nitrogens with one attached hydrogen (secondary N) is 1. The quantitative estimate of drug-likeness (QED) is 0.532. The maximum absolute atomic E-state index is 13.0. The van der Waals surface area contributed by atoms with Crippen molar-refractivity contribution in [1.29, 1.82) is 0 Å². The molecular formula is C21H16FN3O3S. The van der Waals surface area contributed by atoms with Gasteiger partial charge in [0.05, 0.1) is 5.39 Å². The first-order chi connectivity index (χ1) is 14.0. The molecule has 0 bridgehead atoms. The highest BCUT2D eigenvalue weighted by Gasteiger charge is 2.12. The highest BCUT2D eigenvalue weighted by Crippen LogP contribution is 2.22. The molecule has 1 N–H and O–H groups in total. The zero-order chi connectivity index (χ0) is 20.4. The van der Waals surface area contributed by atoms with Gasteiger partial charge in [0.25, 0.3) is 11.5 Å². The minimum atomic E-state index is -0.451. The predicted octanol–water partition coefficient (Wildman–Crippen LogP) is 4.34. The molecular weight excluding hydrogens is 393 g/mol. The Morgan fingerprint density at radius 2 is 1.79 bits per heavy atom. The molecule has 0 fully saturated rings. The Morgan fingerprint density at radius 3 is 2.45 bits per heavy atom. The summed E-state index contributed by atoms with van der Waals surface area (Å²) >= 11 is 1.47. The van der Waals surface area contributed by atoms with Gasteiger partial charge in [0.1, 0.15) is 28.5 Å². The lowest BCUT2D eigenvalue weighted by atomic mass is 10.2. The van der Waals surface area contributed by atoms with E-state index in [1.165, 1.54) is 41.9 Å². The van der Waals surface area contributed by atoms with Gasteiger partial charge in [-0.1, -0.05) is 6.92 Å². The molecule has 0 aliphatic rings. The second-order valence-electron chi connectivity index (χ2n) is 6.23. The maximum atomic E-state index is 13.0. The number of fused-ring (bicyclic) bond motifs is 1. The third-order valence-electron chi connectivity index (χ3n) is 4.24. The Bertz CT molecular complexity index is 1230. The first-order valence-electron chi connectivity index (χ1n) is 8.88. The minimum absolute atomic E-state index is 0.324. The molecule has 2 aromatic carbocycles. The van der Waals surface area contributed by atoms with E-state index in [0.717, 1.165) is 16.0 Å². The Hall–Kier alpha value is -3.52. The third-order valence-corrected chi connectivity index (χ3v) is 5.43. The van der Waals surface area contributed by atoms with Gasteiger partial charge in [0.15, 0.2) is 0 Å². The number of ether oxygens (including phenoxy) is 1. The third kappa shape index (κ3) is 4.02. The van der Waals surface area contributed by atoms with Crippen LogP contribution in [0.25, 0.3) is 10.2 Å². The molecule has 146 valence electrons. The number of carbonyl (C=O) groups excluding carboxylic acids is 1. The van der Waals surface area contributed by atoms with Gasteiger partial charge in [-0.05, 0) is 61.0 Å². The molecule has 0 saturated carbocycles. The van der Waals surface area contributed by atoms with Crippen LogP contribution in [0.3, 0.4) is 0 Å². The number of nitrogens with zero attached hydrogens (tertiary/aromatic N) is 2. The van der Waals surface area contributed by atoms with Gasteiger partial charge in [-0.15, -0.1) is 11.3 Å². The zero-order valence-electron chi connectivity index (χ0n) is 15.4. The molecule has 0 saturated heterocycles. The number of halogens is 1. The van der Waals surface area contributed by atoms with Gasteiger partial charge in [0, 0.05) is 10.4 Å². The maximum Gasteiger partial charge on any atom is 0.280 e. The largest absolute Gasteiger partial charge is 0.457 e. The molecule has 0 radical (unpaired) electrons. The number of amides is 1. The highest BCUT2D eigenvalue weighted by molar-refractivity contribution is 7.18. The fourth-order valence-electron chi connectivity index (χ4n) is 2.71. The van der Waals surface area contributed by atoms with Crippen LogP contribution in [0.15, 0.2) is 65.7 Å². The molecule has 2 heterocycles. The first-order valence-corrected chi connectivity index (χ1v) is 9.70. The van der Waals surface area contributed by atoms with Gasteiger partial charge in [0.2, 0.25) is 0 Å². The summed E-state index contributed by atoms with van der Waals surface area (Å²) in [6, 6.07) is 13.8. The molecule has 0 spiro atoms. The summed E-state index contributed by atoms with van der Waals surface area (Å²) in [7, 11) is 0. The van der Waals surface area contributed by atoms with Crippen LogP contribution in [-0.4, -0.2) is 15.6 Å². The van der Waals surface area contributed by atoms with E-state index in [1.54, 1.807) is 30.3 Å². The van der Waals surface area contributed by atoms with Crippen molar-refractivity contribution in [2.75, 3.05) is 5.43 Å². The summed E-state index contributed by atoms with van der Waals surface area (Å²) in [5.41, 5.74) is 2.57. The fraction of sp³-hybridized carbons (Fsp3) is 0.0952. The van der Waals surface area contributed by atoms with E-state index in [9.17, 15) is 14.0 Å². The lowest BCUT2D eigenvalue weighted by Gasteiger charge is -2.09. The summed E-state index contributed by atoms with van der Waals surface area (Å²) < 4.78 is 19.6. The SMILES string of the molecule is CCc1cc2c(=O)n(NC(=O)c3ccc(Oc4ccc(F)cc4)cc3)cnc2s1. The van der Waals surface area contributed by atoms with Crippen molar-refractivity contribution >= 4 is 27.5 Å². The smallest absolute Gasteiger partial charge is 0.280 e. The average Bonchev–Trinajstić information content (AvgIpc) is 3.17. The van der Waals surface area contributed by atoms with Gasteiger partial charge in [-0.2, -0.15) is 0 Å². The van der Waals surface area contributed by atoms with Crippen molar-refractivity contribution in [1.82, 2.24) is 9.66 Å². The molecule has 8 heteroatoms. The molecule has 6 nitrogen and oxygen atoms in total. The molecule has 1 amide bonds. The van der Waals surface area contributed by atoms with Crippen LogP contribution >= 0.6 is 11.3 Å². The average molecular weight is 409 g/mol. The van der Waals surface area contributed by atoms with Crippen LogP contribution in [0.5, 0.6) is 11.5 Å². The molecule has 4 rings (SSSR count). The standard InChI is InChI=1S/C21H16FN3O3S/c1-2-17-11-18-20(29-17)23-12-25(21(18)27)24-19(26)13-3-7-15(8-4-13)28-16-9-5-14(22)6-10-16/h3-12H,2H2,1H3,(H,24,26). The number of carbonyl (C=O) groups is 1. The van der Waals surface area contributed by atoms with Crippen molar-refractivity contribution < 1.29 is 13.9 Å². The Kier molecular flexibility index (Phi) is 5.09. The number of aromatic nitrogens is 2. The molecule has 0 aliphatic heterocycles. The molecule has 4 aromatic rings. The lowest BCUT2D eigenvalue weighted by Crippen LogP contribution is -2.32. The Labute approximate surface area is 169 Å². The van der Waals surface area contributed by atoms with E-state index in [0.29, 0.717) is 27.3 Å². The summed E-state index contributed by atoms with van der Waals surface area (Å²) in [6.07, 6.45) is 2.13. The number of benzene rings is 2. The van der Waals surface area contributed by atoms with Crippen molar-refractivity contribution in [3.8, 4) is 11.5 Å². The fourth-order valence-corrected chi connectivity index (χ4v) is 3.64. The van der Waals surface area contributed by atoms with Crippen LogP contribution in [0, 0.1) is 5.82 Å². The second-order valence-corrected chi connectivity index (χ2v) is 7.34. The van der Waals surface area contributed by atoms with Gasteiger partial charge < -0.3 is 4.74 Å². The predicted molar refractivity (Wildman–Crippen MR) is 110 cm³/mol. The van der Waals surface area contributed by atoms with Crippen molar-refractivity contribution in [2.24, 2.45) is 0 Å². The van der Waals surface area contributed by atoms with Crippen LogP contribution in [0.1, 0.15) is 22.2 Å². The van der Waals surface area contributed by atoms with E-state index in [1.807, 2.05) is 6.92 Å². The summed E-state index contributed by atoms with van der Waals surface area (Å²) in [5, 5.41) is 0.484. The van der Waals surface area contributed by atoms with E-state index >= 15 is 0 Å². The first kappa shape index (κ1) is 18.8. The van der Waals surface area contributed by atoms with Gasteiger partial charge >= 0.3 is 0 Å². The zero-order valence-corrected chi connectivity index (χ0v) is 16.2. The number of rotatable bonds is 5. The van der Waals surface area contributed by atoms with Crippen LogP contribution in [0.4, 0.5) is 4.39 Å². The normalized spacial score (nSPS) is 10.8. The van der Waals surface area contributed by atoms with Crippen molar-refractivity contribution in [3.05, 3.63) is 87.5 Å². The van der Waals surface area contributed by atoms with Gasteiger partial charge in [-0.3, -0.25) is 15.0 Å². The number of hydrogen-bond donors (Lipinski definition) is 1. The number of aryl methyl sites for hydroxylation is 1. The topological polar surface area (TPSA) is 73.2 Å². The summed E-state index contributed by atoms with van der Waals surface area (Å²) in [6.45, 7) is 2.01. The molecule has 0 unspecified atom stereocenters. The molecule has 2 aromatic heterocycles. The van der Waals surface area contributed by atoms with Crippen LogP contribution in [0.2, 0.25) is 0 Å². The van der Waals surface area contributed by atoms with Gasteiger partial charge in [-0.25, -0.2) is 14.1 Å². The monoisotopic (exact) mass is 409 g/mol. The lowest BCUT2D eigenvalue weighted by molar-refractivity contribution is 0.101. The molecule has 0 atom stereocenters. The van der Waals surface area contributed by atoms with Crippen LogP contribution in [-0.2, 0) is 6.42 Å². The Balaban J connectivity index is 1.50. The van der Waals surface area contributed by atoms with E-state index in [2.05, 4.69) is 10.4 Å². The molecule has 29 heavy (non-hydrogen) atoms. The van der Waals surface area contributed by atoms with E-state index < -0.39 is 5.91 Å². The summed E-state index contributed by atoms with van der Waals surface area (Å²) in [4.78, 5) is 31.0. The minimum Gasteiger partial charge on any atom is -0.457 e. The van der Waals surface area contributed by atoms with E-state index in [4.69, 9.17) is 4.74 Å². The summed E-state index contributed by atoms with van der Waals surface area (Å²) in [5.74, 6) is 0.184. The second kappa shape index (κ2) is 7.84. The molecule has 0 aliphatic carbocycles. The van der Waals surface area contributed by atoms with Crippen molar-refractivity contribution in [3.63, 3.8) is 0 Å². The number of hydrogen-bond acceptors (Lipinski definition) is 5. The van der Waals surface area contributed by atoms with E-state index in [-0.39, 0.29) is 11.4 Å².